The molecule has 2 saturated heterocycles. The molecule has 2 fully saturated rings. The average Bonchev–Trinajstić information content (AvgIpc) is 3.27. The van der Waals surface area contributed by atoms with Crippen LogP contribution in [0.4, 0.5) is 0 Å². The maximum absolute atomic E-state index is 12.9. The van der Waals surface area contributed by atoms with Crippen LogP contribution < -0.4 is 5.32 Å². The molecule has 1 aromatic rings. The fourth-order valence-electron chi connectivity index (χ4n) is 5.30. The molecule has 1 amide bonds. The Morgan fingerprint density at radius 3 is 2.79 bits per heavy atom. The molecule has 2 N–H and O–H groups in total. The van der Waals surface area contributed by atoms with Crippen molar-refractivity contribution in [1.29, 1.82) is 0 Å². The number of carboxylic acids is 1. The minimum atomic E-state index is -0.908. The predicted octanol–water partition coefficient (Wildman–Crippen LogP) is 1.88. The van der Waals surface area contributed by atoms with Gasteiger partial charge in [-0.2, -0.15) is 0 Å². The normalized spacial score (nSPS) is 27.7. The first-order valence-electron chi connectivity index (χ1n) is 10.6. The van der Waals surface area contributed by atoms with Crippen LogP contribution in [0.2, 0.25) is 0 Å². The molecule has 4 rings (SSSR count). The summed E-state index contributed by atoms with van der Waals surface area (Å²) in [7, 11) is 0. The number of carbonyl (C=O) groups is 2. The number of nitrogens with one attached hydrogen (secondary N) is 1. The number of hydrogen-bond donors (Lipinski definition) is 2. The number of carbonyl (C=O) groups excluding carboxylic acids is 1. The fourth-order valence-corrected chi connectivity index (χ4v) is 5.30. The highest BCUT2D eigenvalue weighted by Gasteiger charge is 2.45. The Morgan fingerprint density at radius 1 is 1.21 bits per heavy atom. The van der Waals surface area contributed by atoms with Gasteiger partial charge in [0.15, 0.2) is 0 Å². The molecule has 0 radical (unpaired) electrons. The molecule has 0 aliphatic carbocycles. The van der Waals surface area contributed by atoms with Crippen LogP contribution in [0.15, 0.2) is 24.3 Å². The molecule has 6 heteroatoms. The molecular formula is C22H31N3O3. The largest absolute Gasteiger partial charge is 0.481 e. The summed E-state index contributed by atoms with van der Waals surface area (Å²) >= 11 is 0. The van der Waals surface area contributed by atoms with Gasteiger partial charge in [0, 0.05) is 31.6 Å². The number of likely N-dealkylation sites (tertiary alicyclic amines) is 1. The summed E-state index contributed by atoms with van der Waals surface area (Å²) in [5, 5.41) is 12.5. The lowest BCUT2D eigenvalue weighted by Gasteiger charge is -2.42. The van der Waals surface area contributed by atoms with Gasteiger partial charge < -0.3 is 15.3 Å². The van der Waals surface area contributed by atoms with E-state index in [0.717, 1.165) is 39.0 Å². The molecule has 2 atom stereocenters. The SMILES string of the molecule is O=C(O)CCC(=O)N1Cc2ccccc2CC2(CCCN2CC2CCNC2)C1. The number of hydrogen-bond acceptors (Lipinski definition) is 4. The van der Waals surface area contributed by atoms with Crippen molar-refractivity contribution in [1.82, 2.24) is 15.1 Å². The number of amides is 1. The first kappa shape index (κ1) is 19.4. The zero-order chi connectivity index (χ0) is 19.6. The van der Waals surface area contributed by atoms with Crippen molar-refractivity contribution in [2.24, 2.45) is 5.92 Å². The number of aliphatic carboxylic acids is 1. The summed E-state index contributed by atoms with van der Waals surface area (Å²) in [6, 6.07) is 8.45. The monoisotopic (exact) mass is 385 g/mol. The Hall–Kier alpha value is -1.92. The van der Waals surface area contributed by atoms with Gasteiger partial charge in [-0.05, 0) is 62.4 Å². The van der Waals surface area contributed by atoms with Crippen LogP contribution in [-0.4, -0.2) is 65.0 Å². The summed E-state index contributed by atoms with van der Waals surface area (Å²) in [4.78, 5) is 28.4. The Bertz CT molecular complexity index is 731. The number of rotatable bonds is 5. The van der Waals surface area contributed by atoms with Crippen LogP contribution in [0.5, 0.6) is 0 Å². The number of fused-ring (bicyclic) bond motifs is 1. The van der Waals surface area contributed by atoms with Crippen molar-refractivity contribution < 1.29 is 14.7 Å². The number of carboxylic acid groups (broad SMARTS) is 1. The lowest BCUT2D eigenvalue weighted by Crippen LogP contribution is -2.54. The molecule has 0 saturated carbocycles. The minimum Gasteiger partial charge on any atom is -0.481 e. The Kier molecular flexibility index (Phi) is 5.69. The molecule has 3 heterocycles. The van der Waals surface area contributed by atoms with E-state index in [1.165, 1.54) is 24.0 Å². The maximum Gasteiger partial charge on any atom is 0.303 e. The zero-order valence-electron chi connectivity index (χ0n) is 16.5. The highest BCUT2D eigenvalue weighted by atomic mass is 16.4. The van der Waals surface area contributed by atoms with Crippen LogP contribution in [0.3, 0.4) is 0 Å². The lowest BCUT2D eigenvalue weighted by atomic mass is 9.86. The third-order valence-corrected chi connectivity index (χ3v) is 6.77. The van der Waals surface area contributed by atoms with Crippen molar-refractivity contribution >= 4 is 11.9 Å². The predicted molar refractivity (Wildman–Crippen MR) is 107 cm³/mol. The summed E-state index contributed by atoms with van der Waals surface area (Å²) in [5.41, 5.74) is 2.53. The summed E-state index contributed by atoms with van der Waals surface area (Å²) in [6.07, 6.45) is 4.46. The quantitative estimate of drug-likeness (QED) is 0.810. The number of nitrogens with zero attached hydrogens (tertiary/aromatic N) is 2. The molecule has 152 valence electrons. The van der Waals surface area contributed by atoms with E-state index in [1.54, 1.807) is 0 Å². The topological polar surface area (TPSA) is 72.9 Å². The van der Waals surface area contributed by atoms with Gasteiger partial charge in [-0.25, -0.2) is 0 Å². The molecule has 2 unspecified atom stereocenters. The van der Waals surface area contributed by atoms with Gasteiger partial charge in [0.2, 0.25) is 5.91 Å². The van der Waals surface area contributed by atoms with E-state index in [4.69, 9.17) is 5.11 Å². The maximum atomic E-state index is 12.9. The average molecular weight is 386 g/mol. The molecule has 6 nitrogen and oxygen atoms in total. The van der Waals surface area contributed by atoms with E-state index in [2.05, 4.69) is 28.4 Å². The Labute approximate surface area is 166 Å². The lowest BCUT2D eigenvalue weighted by molar-refractivity contribution is -0.141. The van der Waals surface area contributed by atoms with Crippen molar-refractivity contribution in [3.05, 3.63) is 35.4 Å². The van der Waals surface area contributed by atoms with Crippen LogP contribution in [0.1, 0.15) is 43.2 Å². The van der Waals surface area contributed by atoms with Gasteiger partial charge in [-0.1, -0.05) is 24.3 Å². The van der Waals surface area contributed by atoms with E-state index < -0.39 is 5.97 Å². The summed E-state index contributed by atoms with van der Waals surface area (Å²) in [5.74, 6) is -0.257. The van der Waals surface area contributed by atoms with Crippen molar-refractivity contribution in [2.75, 3.05) is 32.7 Å². The van der Waals surface area contributed by atoms with Gasteiger partial charge in [-0.15, -0.1) is 0 Å². The Balaban J connectivity index is 1.60. The molecule has 1 spiro atoms. The second kappa shape index (κ2) is 8.21. The van der Waals surface area contributed by atoms with Crippen LogP contribution >= 0.6 is 0 Å². The van der Waals surface area contributed by atoms with Gasteiger partial charge in [0.05, 0.1) is 6.42 Å². The van der Waals surface area contributed by atoms with Gasteiger partial charge in [0.1, 0.15) is 0 Å². The molecule has 0 bridgehead atoms. The van der Waals surface area contributed by atoms with E-state index in [-0.39, 0.29) is 24.3 Å². The fraction of sp³-hybridized carbons (Fsp3) is 0.636. The highest BCUT2D eigenvalue weighted by molar-refractivity contribution is 5.81. The smallest absolute Gasteiger partial charge is 0.303 e. The van der Waals surface area contributed by atoms with E-state index >= 15 is 0 Å². The second-order valence-electron chi connectivity index (χ2n) is 8.72. The van der Waals surface area contributed by atoms with Crippen LogP contribution in [0, 0.1) is 5.92 Å². The van der Waals surface area contributed by atoms with Crippen LogP contribution in [-0.2, 0) is 22.6 Å². The second-order valence-corrected chi connectivity index (χ2v) is 8.72. The van der Waals surface area contributed by atoms with E-state index in [0.29, 0.717) is 19.0 Å². The first-order valence-corrected chi connectivity index (χ1v) is 10.6. The first-order chi connectivity index (χ1) is 13.6. The molecule has 28 heavy (non-hydrogen) atoms. The van der Waals surface area contributed by atoms with Crippen molar-refractivity contribution in [3.8, 4) is 0 Å². The van der Waals surface area contributed by atoms with Gasteiger partial charge >= 0.3 is 5.97 Å². The molecule has 0 aromatic heterocycles. The Morgan fingerprint density at radius 2 is 2.04 bits per heavy atom. The highest BCUT2D eigenvalue weighted by Crippen LogP contribution is 2.38. The van der Waals surface area contributed by atoms with Gasteiger partial charge in [0.25, 0.3) is 0 Å². The van der Waals surface area contributed by atoms with Crippen molar-refractivity contribution in [3.63, 3.8) is 0 Å². The standard InChI is InChI=1S/C22H31N3O3/c26-20(6-7-21(27)28)24-15-19-5-2-1-4-18(19)12-22(16-24)9-3-11-25(22)14-17-8-10-23-13-17/h1-2,4-5,17,23H,3,6-16H2,(H,27,28). The molecule has 3 aliphatic rings. The third kappa shape index (κ3) is 4.08. The minimum absolute atomic E-state index is 0.0198. The molecule has 3 aliphatic heterocycles. The number of benzene rings is 1. The van der Waals surface area contributed by atoms with E-state index in [9.17, 15) is 9.59 Å². The van der Waals surface area contributed by atoms with Crippen LogP contribution in [0.25, 0.3) is 0 Å². The van der Waals surface area contributed by atoms with Gasteiger partial charge in [-0.3, -0.25) is 14.5 Å². The van der Waals surface area contributed by atoms with E-state index in [1.807, 2.05) is 11.0 Å². The molecular weight excluding hydrogens is 354 g/mol. The summed E-state index contributed by atoms with van der Waals surface area (Å²) < 4.78 is 0. The summed E-state index contributed by atoms with van der Waals surface area (Å²) in [6.45, 7) is 5.68. The van der Waals surface area contributed by atoms with Crippen molar-refractivity contribution in [2.45, 2.75) is 50.6 Å². The zero-order valence-corrected chi connectivity index (χ0v) is 16.5. The third-order valence-electron chi connectivity index (χ3n) is 6.77. The molecule has 1 aromatic carbocycles.